The number of fused-ring (bicyclic) bond motifs is 4. The van der Waals surface area contributed by atoms with Crippen molar-refractivity contribution in [1.82, 2.24) is 9.47 Å². The summed E-state index contributed by atoms with van der Waals surface area (Å²) in [4.78, 5) is 52.1. The van der Waals surface area contributed by atoms with Crippen molar-refractivity contribution in [2.24, 2.45) is 11.8 Å². The van der Waals surface area contributed by atoms with E-state index in [0.717, 1.165) is 37.8 Å². The van der Waals surface area contributed by atoms with E-state index >= 15 is 0 Å². The summed E-state index contributed by atoms with van der Waals surface area (Å²) in [5.41, 5.74) is 1.48. The Labute approximate surface area is 197 Å². The van der Waals surface area contributed by atoms with Crippen molar-refractivity contribution in [3.63, 3.8) is 0 Å². The zero-order chi connectivity index (χ0) is 23.8. The third-order valence-corrected chi connectivity index (χ3v) is 7.48. The number of carbonyl (C=O) groups excluding carboxylic acids is 2. The van der Waals surface area contributed by atoms with Gasteiger partial charge in [-0.05, 0) is 55.5 Å². The highest BCUT2D eigenvalue weighted by Gasteiger charge is 2.37. The van der Waals surface area contributed by atoms with E-state index in [4.69, 9.17) is 0 Å². The molecule has 0 spiro atoms. The van der Waals surface area contributed by atoms with Crippen LogP contribution in [0.15, 0.2) is 41.2 Å². The van der Waals surface area contributed by atoms with E-state index in [1.54, 1.807) is 27.7 Å². The number of piperidine rings is 1. The van der Waals surface area contributed by atoms with Gasteiger partial charge in [-0.15, -0.1) is 0 Å². The number of amides is 2. The summed E-state index contributed by atoms with van der Waals surface area (Å²) in [5.74, 6) is -1.19. The van der Waals surface area contributed by atoms with Crippen LogP contribution in [0.4, 0.5) is 5.69 Å². The Balaban J connectivity index is 1.34. The molecule has 8 nitrogen and oxygen atoms in total. The number of hydrogen-bond donors (Lipinski definition) is 2. The smallest absolute Gasteiger partial charge is 0.335 e. The minimum Gasteiger partial charge on any atom is -0.478 e. The maximum Gasteiger partial charge on any atom is 0.335 e. The number of carbonyl (C=O) groups is 3. The van der Waals surface area contributed by atoms with E-state index in [1.165, 1.54) is 18.6 Å². The molecule has 2 aliphatic heterocycles. The molecule has 1 aromatic carbocycles. The number of anilines is 1. The SMILES string of the molecule is O=C(O)c1cccc(C(=O)N2CC3CC(C2)c2ccc(NC(=O)C4CCCCC4)c(=O)n2C3)c1. The Morgan fingerprint density at radius 2 is 1.71 bits per heavy atom. The highest BCUT2D eigenvalue weighted by Crippen LogP contribution is 2.36. The molecule has 2 bridgehead atoms. The van der Waals surface area contributed by atoms with Crippen LogP contribution in [0, 0.1) is 11.8 Å². The van der Waals surface area contributed by atoms with Crippen LogP contribution in [-0.2, 0) is 11.3 Å². The fourth-order valence-corrected chi connectivity index (χ4v) is 5.77. The maximum atomic E-state index is 13.2. The zero-order valence-electron chi connectivity index (χ0n) is 19.0. The molecule has 1 saturated heterocycles. The number of carboxylic acids is 1. The van der Waals surface area contributed by atoms with Gasteiger partial charge in [0.25, 0.3) is 11.5 Å². The van der Waals surface area contributed by atoms with E-state index < -0.39 is 5.97 Å². The molecule has 8 heteroatoms. The number of carboxylic acid groups (broad SMARTS) is 1. The monoisotopic (exact) mass is 463 g/mol. The van der Waals surface area contributed by atoms with Crippen molar-refractivity contribution < 1.29 is 19.5 Å². The van der Waals surface area contributed by atoms with Gasteiger partial charge in [0.15, 0.2) is 0 Å². The van der Waals surface area contributed by atoms with Crippen LogP contribution >= 0.6 is 0 Å². The highest BCUT2D eigenvalue weighted by molar-refractivity contribution is 5.97. The largest absolute Gasteiger partial charge is 0.478 e. The van der Waals surface area contributed by atoms with Crippen molar-refractivity contribution in [2.45, 2.75) is 51.0 Å². The zero-order valence-corrected chi connectivity index (χ0v) is 19.0. The molecular formula is C26H29N3O5. The third-order valence-electron chi connectivity index (χ3n) is 7.48. The minimum absolute atomic E-state index is 0.0206. The molecule has 1 saturated carbocycles. The Bertz CT molecular complexity index is 1200. The summed E-state index contributed by atoms with van der Waals surface area (Å²) >= 11 is 0. The van der Waals surface area contributed by atoms with Gasteiger partial charge in [-0.25, -0.2) is 4.79 Å². The molecule has 3 heterocycles. The summed E-state index contributed by atoms with van der Waals surface area (Å²) in [5, 5.41) is 12.1. The fraction of sp³-hybridized carbons (Fsp3) is 0.462. The van der Waals surface area contributed by atoms with Crippen LogP contribution in [0.2, 0.25) is 0 Å². The Morgan fingerprint density at radius 3 is 2.47 bits per heavy atom. The lowest BCUT2D eigenvalue weighted by Gasteiger charge is -2.43. The van der Waals surface area contributed by atoms with Gasteiger partial charge in [0.05, 0.1) is 5.56 Å². The first-order valence-electron chi connectivity index (χ1n) is 12.1. The summed E-state index contributed by atoms with van der Waals surface area (Å²) in [6.45, 7) is 1.48. The summed E-state index contributed by atoms with van der Waals surface area (Å²) < 4.78 is 1.77. The maximum absolute atomic E-state index is 13.2. The van der Waals surface area contributed by atoms with Crippen molar-refractivity contribution in [2.75, 3.05) is 18.4 Å². The van der Waals surface area contributed by atoms with Crippen LogP contribution in [0.5, 0.6) is 0 Å². The molecule has 178 valence electrons. The predicted octanol–water partition coefficient (Wildman–Crippen LogP) is 3.32. The molecule has 2 amide bonds. The van der Waals surface area contributed by atoms with Gasteiger partial charge < -0.3 is 19.9 Å². The van der Waals surface area contributed by atoms with Gasteiger partial charge in [0.1, 0.15) is 5.69 Å². The molecule has 3 aliphatic rings. The first-order chi connectivity index (χ1) is 16.4. The van der Waals surface area contributed by atoms with Crippen molar-refractivity contribution in [3.05, 3.63) is 63.6 Å². The first kappa shape index (κ1) is 22.4. The average molecular weight is 464 g/mol. The van der Waals surface area contributed by atoms with Gasteiger partial charge >= 0.3 is 5.97 Å². The fourth-order valence-electron chi connectivity index (χ4n) is 5.77. The lowest BCUT2D eigenvalue weighted by atomic mass is 9.83. The second-order valence-corrected chi connectivity index (χ2v) is 9.81. The number of likely N-dealkylation sites (tertiary alicyclic amines) is 1. The number of rotatable bonds is 4. The molecule has 5 rings (SSSR count). The third kappa shape index (κ3) is 4.24. The molecule has 0 radical (unpaired) electrons. The van der Waals surface area contributed by atoms with Crippen LogP contribution < -0.4 is 10.9 Å². The van der Waals surface area contributed by atoms with Crippen LogP contribution in [0.1, 0.15) is 70.9 Å². The second-order valence-electron chi connectivity index (χ2n) is 9.81. The Kier molecular flexibility index (Phi) is 5.98. The first-order valence-corrected chi connectivity index (χ1v) is 12.1. The van der Waals surface area contributed by atoms with Crippen LogP contribution in [0.25, 0.3) is 0 Å². The van der Waals surface area contributed by atoms with Crippen LogP contribution in [0.3, 0.4) is 0 Å². The van der Waals surface area contributed by atoms with E-state index in [9.17, 15) is 24.3 Å². The highest BCUT2D eigenvalue weighted by atomic mass is 16.4. The summed E-state index contributed by atoms with van der Waals surface area (Å²) in [6.07, 6.45) is 5.93. The molecule has 2 aromatic rings. The summed E-state index contributed by atoms with van der Waals surface area (Å²) in [7, 11) is 0. The van der Waals surface area contributed by atoms with Gasteiger partial charge in [0.2, 0.25) is 5.91 Å². The number of aromatic carboxylic acids is 1. The minimum atomic E-state index is -1.06. The molecule has 2 fully saturated rings. The number of benzene rings is 1. The van der Waals surface area contributed by atoms with Crippen molar-refractivity contribution in [1.29, 1.82) is 0 Å². The standard InChI is InChI=1S/C26H29N3O5/c30-23(17-5-2-1-3-6-17)27-21-9-10-22-20-11-16(14-29(22)25(21)32)13-28(15-20)24(31)18-7-4-8-19(12-18)26(33)34/h4,7-10,12,16-17,20H,1-3,5-6,11,13-15H2,(H,27,30)(H,33,34). The average Bonchev–Trinajstić information content (AvgIpc) is 2.86. The van der Waals surface area contributed by atoms with E-state index in [0.29, 0.717) is 30.9 Å². The molecule has 1 aliphatic carbocycles. The number of hydrogen-bond acceptors (Lipinski definition) is 4. The molecule has 2 N–H and O–H groups in total. The normalized spacial score (nSPS) is 22.1. The molecule has 2 atom stereocenters. The molecule has 34 heavy (non-hydrogen) atoms. The van der Waals surface area contributed by atoms with Gasteiger partial charge in [-0.2, -0.15) is 0 Å². The number of aromatic nitrogens is 1. The van der Waals surface area contributed by atoms with E-state index in [-0.39, 0.29) is 40.7 Å². The number of nitrogens with one attached hydrogen (secondary N) is 1. The van der Waals surface area contributed by atoms with E-state index in [1.807, 2.05) is 6.07 Å². The topological polar surface area (TPSA) is 109 Å². The number of pyridine rings is 1. The molecule has 2 unspecified atom stereocenters. The van der Waals surface area contributed by atoms with Gasteiger partial charge in [-0.3, -0.25) is 14.4 Å². The van der Waals surface area contributed by atoms with Crippen LogP contribution in [-0.4, -0.2) is 45.4 Å². The van der Waals surface area contributed by atoms with Crippen molar-refractivity contribution >= 4 is 23.5 Å². The lowest BCUT2D eigenvalue weighted by Crippen LogP contribution is -2.49. The second kappa shape index (κ2) is 9.08. The molecular weight excluding hydrogens is 434 g/mol. The lowest BCUT2D eigenvalue weighted by molar-refractivity contribution is -0.120. The number of nitrogens with zero attached hydrogens (tertiary/aromatic N) is 2. The Hall–Kier alpha value is -3.42. The predicted molar refractivity (Wildman–Crippen MR) is 126 cm³/mol. The van der Waals surface area contributed by atoms with Gasteiger partial charge in [0, 0.05) is 42.7 Å². The summed E-state index contributed by atoms with van der Waals surface area (Å²) in [6, 6.07) is 9.70. The van der Waals surface area contributed by atoms with Gasteiger partial charge in [-0.1, -0.05) is 25.3 Å². The quantitative estimate of drug-likeness (QED) is 0.723. The van der Waals surface area contributed by atoms with E-state index in [2.05, 4.69) is 5.32 Å². The van der Waals surface area contributed by atoms with Crippen molar-refractivity contribution in [3.8, 4) is 0 Å². The Morgan fingerprint density at radius 1 is 0.941 bits per heavy atom. The molecule has 1 aromatic heterocycles.